The molecule has 0 bridgehead atoms. The summed E-state index contributed by atoms with van der Waals surface area (Å²) in [5, 5.41) is 3.46. The lowest BCUT2D eigenvalue weighted by molar-refractivity contribution is 0.219. The van der Waals surface area contributed by atoms with Gasteiger partial charge in [-0.1, -0.05) is 13.8 Å². The zero-order valence-electron chi connectivity index (χ0n) is 9.05. The van der Waals surface area contributed by atoms with Crippen molar-refractivity contribution in [3.05, 3.63) is 24.2 Å². The number of rotatable bonds is 2. The Morgan fingerprint density at radius 3 is 2.93 bits per heavy atom. The molecule has 1 saturated heterocycles. The molecule has 2 heterocycles. The molecule has 0 amide bonds. The molecule has 0 aromatic carbocycles. The summed E-state index contributed by atoms with van der Waals surface area (Å²) in [5.74, 6) is 1.81. The van der Waals surface area contributed by atoms with Crippen LogP contribution in [0, 0.1) is 5.92 Å². The van der Waals surface area contributed by atoms with E-state index in [1.807, 2.05) is 6.07 Å². The normalized spacial score (nSPS) is 23.7. The van der Waals surface area contributed by atoms with Gasteiger partial charge >= 0.3 is 0 Å². The SMILES string of the molecule is CC(C)(c1ccco1)C1CCCNC1. The predicted molar refractivity (Wildman–Crippen MR) is 57.3 cm³/mol. The van der Waals surface area contributed by atoms with Crippen molar-refractivity contribution in [1.29, 1.82) is 0 Å². The van der Waals surface area contributed by atoms with E-state index in [0.717, 1.165) is 12.3 Å². The summed E-state index contributed by atoms with van der Waals surface area (Å²) >= 11 is 0. The molecule has 0 radical (unpaired) electrons. The van der Waals surface area contributed by atoms with Crippen molar-refractivity contribution in [2.24, 2.45) is 5.92 Å². The molecule has 1 aliphatic heterocycles. The third kappa shape index (κ3) is 1.71. The van der Waals surface area contributed by atoms with Crippen LogP contribution in [0.3, 0.4) is 0 Å². The third-order valence-corrected chi connectivity index (χ3v) is 3.47. The maximum atomic E-state index is 5.52. The fourth-order valence-electron chi connectivity index (χ4n) is 2.31. The Labute approximate surface area is 85.7 Å². The van der Waals surface area contributed by atoms with Crippen LogP contribution >= 0.6 is 0 Å². The number of piperidine rings is 1. The molecule has 1 unspecified atom stereocenters. The first kappa shape index (κ1) is 9.78. The summed E-state index contributed by atoms with van der Waals surface area (Å²) < 4.78 is 5.52. The lowest BCUT2D eigenvalue weighted by atomic mass is 9.73. The molecule has 0 saturated carbocycles. The lowest BCUT2D eigenvalue weighted by Gasteiger charge is -2.35. The van der Waals surface area contributed by atoms with Gasteiger partial charge in [0.25, 0.3) is 0 Å². The molecule has 1 atom stereocenters. The fraction of sp³-hybridized carbons (Fsp3) is 0.667. The molecule has 2 nitrogen and oxygen atoms in total. The minimum absolute atomic E-state index is 0.164. The average Bonchev–Trinajstić information content (AvgIpc) is 2.72. The van der Waals surface area contributed by atoms with Crippen LogP contribution in [0.25, 0.3) is 0 Å². The largest absolute Gasteiger partial charge is 0.469 e. The number of hydrogen-bond donors (Lipinski definition) is 1. The molecule has 1 aliphatic rings. The van der Waals surface area contributed by atoms with E-state index in [0.29, 0.717) is 5.92 Å². The maximum Gasteiger partial charge on any atom is 0.109 e. The monoisotopic (exact) mass is 193 g/mol. The summed E-state index contributed by atoms with van der Waals surface area (Å²) in [7, 11) is 0. The minimum Gasteiger partial charge on any atom is -0.469 e. The van der Waals surface area contributed by atoms with Gasteiger partial charge in [0.15, 0.2) is 0 Å². The van der Waals surface area contributed by atoms with Crippen molar-refractivity contribution in [2.75, 3.05) is 13.1 Å². The molecule has 1 aromatic heterocycles. The van der Waals surface area contributed by atoms with E-state index < -0.39 is 0 Å². The minimum atomic E-state index is 0.164. The van der Waals surface area contributed by atoms with Crippen LogP contribution in [0.15, 0.2) is 22.8 Å². The van der Waals surface area contributed by atoms with E-state index >= 15 is 0 Å². The van der Waals surface area contributed by atoms with Crippen LogP contribution in [0.4, 0.5) is 0 Å². The molecule has 1 fully saturated rings. The number of furan rings is 1. The summed E-state index contributed by atoms with van der Waals surface area (Å²) in [5.41, 5.74) is 0.164. The van der Waals surface area contributed by atoms with Crippen molar-refractivity contribution in [3.8, 4) is 0 Å². The van der Waals surface area contributed by atoms with Gasteiger partial charge in [-0.15, -0.1) is 0 Å². The van der Waals surface area contributed by atoms with E-state index in [-0.39, 0.29) is 5.41 Å². The second-order valence-corrected chi connectivity index (χ2v) is 4.74. The molecule has 1 N–H and O–H groups in total. The smallest absolute Gasteiger partial charge is 0.109 e. The number of hydrogen-bond acceptors (Lipinski definition) is 2. The maximum absolute atomic E-state index is 5.52. The first-order valence-corrected chi connectivity index (χ1v) is 5.46. The Hall–Kier alpha value is -0.760. The molecule has 2 heteroatoms. The predicted octanol–water partition coefficient (Wildman–Crippen LogP) is 2.56. The standard InChI is InChI=1S/C12H19NO/c1-12(2,11-6-4-8-14-11)10-5-3-7-13-9-10/h4,6,8,10,13H,3,5,7,9H2,1-2H3. The van der Waals surface area contributed by atoms with E-state index in [9.17, 15) is 0 Å². The van der Waals surface area contributed by atoms with E-state index in [1.54, 1.807) is 6.26 Å². The zero-order valence-corrected chi connectivity index (χ0v) is 9.05. The van der Waals surface area contributed by atoms with Gasteiger partial charge in [0.05, 0.1) is 6.26 Å². The Kier molecular flexibility index (Phi) is 2.64. The average molecular weight is 193 g/mol. The highest BCUT2D eigenvalue weighted by molar-refractivity contribution is 5.13. The Balaban J connectivity index is 2.14. The molecule has 0 aliphatic carbocycles. The van der Waals surface area contributed by atoms with Gasteiger partial charge in [-0.2, -0.15) is 0 Å². The third-order valence-electron chi connectivity index (χ3n) is 3.47. The van der Waals surface area contributed by atoms with Gasteiger partial charge in [0.2, 0.25) is 0 Å². The van der Waals surface area contributed by atoms with Crippen LogP contribution in [-0.4, -0.2) is 13.1 Å². The highest BCUT2D eigenvalue weighted by Gasteiger charge is 2.34. The van der Waals surface area contributed by atoms with Crippen molar-refractivity contribution < 1.29 is 4.42 Å². The van der Waals surface area contributed by atoms with Crippen molar-refractivity contribution >= 4 is 0 Å². The van der Waals surface area contributed by atoms with Crippen LogP contribution in [0.1, 0.15) is 32.4 Å². The van der Waals surface area contributed by atoms with E-state index in [4.69, 9.17) is 4.42 Å². The van der Waals surface area contributed by atoms with Crippen molar-refractivity contribution in [2.45, 2.75) is 32.1 Å². The van der Waals surface area contributed by atoms with Crippen molar-refractivity contribution in [3.63, 3.8) is 0 Å². The highest BCUT2D eigenvalue weighted by atomic mass is 16.3. The van der Waals surface area contributed by atoms with Crippen molar-refractivity contribution in [1.82, 2.24) is 5.32 Å². The molecule has 14 heavy (non-hydrogen) atoms. The van der Waals surface area contributed by atoms with Crippen LogP contribution < -0.4 is 5.32 Å². The summed E-state index contributed by atoms with van der Waals surface area (Å²) in [4.78, 5) is 0. The molecule has 0 spiro atoms. The molecule has 2 rings (SSSR count). The second kappa shape index (κ2) is 3.77. The van der Waals surface area contributed by atoms with Gasteiger partial charge in [0, 0.05) is 5.41 Å². The fourth-order valence-corrected chi connectivity index (χ4v) is 2.31. The summed E-state index contributed by atoms with van der Waals surface area (Å²) in [6, 6.07) is 4.07. The zero-order chi connectivity index (χ0) is 10.0. The Bertz CT molecular complexity index is 271. The first-order valence-electron chi connectivity index (χ1n) is 5.46. The van der Waals surface area contributed by atoms with Gasteiger partial charge in [0.1, 0.15) is 5.76 Å². The van der Waals surface area contributed by atoms with Crippen LogP contribution in [0.5, 0.6) is 0 Å². The Morgan fingerprint density at radius 2 is 2.36 bits per heavy atom. The Morgan fingerprint density at radius 1 is 1.50 bits per heavy atom. The van der Waals surface area contributed by atoms with Gasteiger partial charge in [-0.05, 0) is 44.0 Å². The molecule has 1 aromatic rings. The lowest BCUT2D eigenvalue weighted by Crippen LogP contribution is -2.40. The second-order valence-electron chi connectivity index (χ2n) is 4.74. The first-order chi connectivity index (χ1) is 6.71. The number of nitrogens with one attached hydrogen (secondary N) is 1. The van der Waals surface area contributed by atoms with Gasteiger partial charge in [-0.3, -0.25) is 0 Å². The van der Waals surface area contributed by atoms with Crippen LogP contribution in [-0.2, 0) is 5.41 Å². The van der Waals surface area contributed by atoms with Crippen LogP contribution in [0.2, 0.25) is 0 Å². The van der Waals surface area contributed by atoms with E-state index in [1.165, 1.54) is 19.4 Å². The molecular weight excluding hydrogens is 174 g/mol. The van der Waals surface area contributed by atoms with E-state index in [2.05, 4.69) is 25.2 Å². The van der Waals surface area contributed by atoms with Gasteiger partial charge in [-0.25, -0.2) is 0 Å². The summed E-state index contributed by atoms with van der Waals surface area (Å²) in [6.45, 7) is 6.85. The quantitative estimate of drug-likeness (QED) is 0.781. The van der Waals surface area contributed by atoms with Gasteiger partial charge < -0.3 is 9.73 Å². The highest BCUT2D eigenvalue weighted by Crippen LogP contribution is 2.35. The summed E-state index contributed by atoms with van der Waals surface area (Å²) in [6.07, 6.45) is 4.36. The molecular formula is C12H19NO. The molecule has 78 valence electrons. The topological polar surface area (TPSA) is 25.2 Å².